The minimum absolute atomic E-state index is 0.146. The monoisotopic (exact) mass is 336 g/mol. The quantitative estimate of drug-likeness (QED) is 0.724. The lowest BCUT2D eigenvalue weighted by Gasteiger charge is -2.21. The molecule has 0 N–H and O–H groups in total. The lowest BCUT2D eigenvalue weighted by molar-refractivity contribution is 0.530. The predicted molar refractivity (Wildman–Crippen MR) is 87.5 cm³/mol. The highest BCUT2D eigenvalue weighted by molar-refractivity contribution is 7.92. The first-order chi connectivity index (χ1) is 9.15. The van der Waals surface area contributed by atoms with E-state index in [9.17, 15) is 8.42 Å². The van der Waals surface area contributed by atoms with Crippen LogP contribution in [0.3, 0.4) is 0 Å². The Morgan fingerprint density at radius 2 is 1.90 bits per heavy atom. The molecule has 20 heavy (non-hydrogen) atoms. The van der Waals surface area contributed by atoms with E-state index in [0.717, 1.165) is 12.0 Å². The first kappa shape index (κ1) is 17.8. The molecule has 0 fully saturated rings. The highest BCUT2D eigenvalue weighted by atomic mass is 35.5. The molecule has 0 saturated heterocycles. The SMILES string of the molecule is CC(C)(C)S(=O)(=O)CCC(CCl)Cc1cccc(Cl)c1. The number of hydrogen-bond donors (Lipinski definition) is 0. The molecule has 0 amide bonds. The summed E-state index contributed by atoms with van der Waals surface area (Å²) in [4.78, 5) is 0. The summed E-state index contributed by atoms with van der Waals surface area (Å²) >= 11 is 11.9. The molecule has 2 nitrogen and oxygen atoms in total. The van der Waals surface area contributed by atoms with E-state index in [4.69, 9.17) is 23.2 Å². The second kappa shape index (κ2) is 7.15. The summed E-state index contributed by atoms with van der Waals surface area (Å²) in [5.41, 5.74) is 1.09. The zero-order chi connectivity index (χ0) is 15.4. The molecule has 1 unspecified atom stereocenters. The molecule has 0 aliphatic carbocycles. The standard InChI is InChI=1S/C15H22Cl2O2S/c1-15(2,3)20(18,19)8-7-13(11-16)9-12-5-4-6-14(17)10-12/h4-6,10,13H,7-9,11H2,1-3H3. The molecule has 1 atom stereocenters. The van der Waals surface area contributed by atoms with Gasteiger partial charge in [-0.1, -0.05) is 23.7 Å². The number of rotatable bonds is 6. The van der Waals surface area contributed by atoms with E-state index in [0.29, 0.717) is 17.3 Å². The zero-order valence-corrected chi connectivity index (χ0v) is 14.5. The molecule has 0 bridgehead atoms. The molecular formula is C15H22Cl2O2S. The number of alkyl halides is 1. The second-order valence-corrected chi connectivity index (χ2v) is 9.68. The first-order valence-corrected chi connectivity index (χ1v) is 9.25. The van der Waals surface area contributed by atoms with Crippen molar-refractivity contribution in [3.8, 4) is 0 Å². The molecule has 114 valence electrons. The van der Waals surface area contributed by atoms with Crippen LogP contribution < -0.4 is 0 Å². The number of hydrogen-bond acceptors (Lipinski definition) is 2. The highest BCUT2D eigenvalue weighted by Crippen LogP contribution is 2.22. The summed E-state index contributed by atoms with van der Waals surface area (Å²) in [7, 11) is -3.09. The fourth-order valence-corrected chi connectivity index (χ4v) is 3.59. The van der Waals surface area contributed by atoms with Crippen molar-refractivity contribution >= 4 is 33.0 Å². The molecule has 0 aliphatic rings. The largest absolute Gasteiger partial charge is 0.228 e. The number of sulfone groups is 1. The third-order valence-corrected chi connectivity index (χ3v) is 6.67. The number of halogens is 2. The van der Waals surface area contributed by atoms with Crippen LogP contribution in [0.15, 0.2) is 24.3 Å². The van der Waals surface area contributed by atoms with E-state index in [-0.39, 0.29) is 11.7 Å². The fourth-order valence-electron chi connectivity index (χ4n) is 1.86. The predicted octanol–water partition coefficient (Wildman–Crippen LogP) is 4.34. The average Bonchev–Trinajstić information content (AvgIpc) is 2.33. The molecule has 1 aromatic rings. The summed E-state index contributed by atoms with van der Waals surface area (Å²) < 4.78 is 23.5. The Bertz CT molecular complexity index is 533. The van der Waals surface area contributed by atoms with Gasteiger partial charge < -0.3 is 0 Å². The number of benzene rings is 1. The third kappa shape index (κ3) is 5.27. The van der Waals surface area contributed by atoms with Crippen molar-refractivity contribution in [1.82, 2.24) is 0 Å². The van der Waals surface area contributed by atoms with E-state index < -0.39 is 14.6 Å². The van der Waals surface area contributed by atoms with E-state index >= 15 is 0 Å². The molecule has 0 radical (unpaired) electrons. The van der Waals surface area contributed by atoms with E-state index in [2.05, 4.69) is 0 Å². The fraction of sp³-hybridized carbons (Fsp3) is 0.600. The molecule has 5 heteroatoms. The second-order valence-electron chi connectivity index (χ2n) is 6.07. The molecular weight excluding hydrogens is 315 g/mol. The van der Waals surface area contributed by atoms with Crippen LogP contribution in [0.1, 0.15) is 32.8 Å². The summed E-state index contributed by atoms with van der Waals surface area (Å²) in [5, 5.41) is 0.693. The molecule has 0 aromatic heterocycles. The van der Waals surface area contributed by atoms with Gasteiger partial charge in [0.25, 0.3) is 0 Å². The van der Waals surface area contributed by atoms with Crippen molar-refractivity contribution in [3.63, 3.8) is 0 Å². The van der Waals surface area contributed by atoms with Crippen molar-refractivity contribution in [3.05, 3.63) is 34.9 Å². The summed E-state index contributed by atoms with van der Waals surface area (Å²) in [6, 6.07) is 7.61. The van der Waals surface area contributed by atoms with Crippen LogP contribution in [-0.4, -0.2) is 24.8 Å². The smallest absolute Gasteiger partial charge is 0.155 e. The Kier molecular flexibility index (Phi) is 6.36. The van der Waals surface area contributed by atoms with Gasteiger partial charge in [-0.2, -0.15) is 0 Å². The van der Waals surface area contributed by atoms with Crippen molar-refractivity contribution in [2.75, 3.05) is 11.6 Å². The topological polar surface area (TPSA) is 34.1 Å². The lowest BCUT2D eigenvalue weighted by Crippen LogP contribution is -2.31. The van der Waals surface area contributed by atoms with Gasteiger partial charge in [0.15, 0.2) is 9.84 Å². The maximum Gasteiger partial charge on any atom is 0.155 e. The van der Waals surface area contributed by atoms with Crippen molar-refractivity contribution < 1.29 is 8.42 Å². The van der Waals surface area contributed by atoms with Crippen molar-refractivity contribution in [1.29, 1.82) is 0 Å². The van der Waals surface area contributed by atoms with Crippen LogP contribution >= 0.6 is 23.2 Å². The Morgan fingerprint density at radius 3 is 2.40 bits per heavy atom. The normalized spacial score (nSPS) is 14.2. The minimum Gasteiger partial charge on any atom is -0.228 e. The minimum atomic E-state index is -3.09. The lowest BCUT2D eigenvalue weighted by atomic mass is 9.99. The molecule has 1 aromatic carbocycles. The maximum absolute atomic E-state index is 12.1. The van der Waals surface area contributed by atoms with Gasteiger partial charge in [0.1, 0.15) is 0 Å². The van der Waals surface area contributed by atoms with Gasteiger partial charge in [-0.25, -0.2) is 8.42 Å². The highest BCUT2D eigenvalue weighted by Gasteiger charge is 2.29. The molecule has 0 saturated carbocycles. The molecule has 1 rings (SSSR count). The first-order valence-electron chi connectivity index (χ1n) is 6.68. The third-order valence-electron chi connectivity index (χ3n) is 3.36. The van der Waals surface area contributed by atoms with Crippen LogP contribution in [0.4, 0.5) is 0 Å². The zero-order valence-electron chi connectivity index (χ0n) is 12.2. The van der Waals surface area contributed by atoms with Gasteiger partial charge in [-0.3, -0.25) is 0 Å². The summed E-state index contributed by atoms with van der Waals surface area (Å²) in [6.45, 7) is 5.19. The van der Waals surface area contributed by atoms with Gasteiger partial charge in [-0.15, -0.1) is 11.6 Å². The van der Waals surface area contributed by atoms with Gasteiger partial charge in [0, 0.05) is 10.9 Å². The maximum atomic E-state index is 12.1. The Morgan fingerprint density at radius 1 is 1.25 bits per heavy atom. The average molecular weight is 337 g/mol. The Hall–Kier alpha value is -0.250. The van der Waals surface area contributed by atoms with Gasteiger partial charge in [-0.05, 0) is 57.2 Å². The van der Waals surface area contributed by atoms with Crippen LogP contribution in [0.5, 0.6) is 0 Å². The van der Waals surface area contributed by atoms with Crippen molar-refractivity contribution in [2.45, 2.75) is 38.4 Å². The molecule has 0 spiro atoms. The van der Waals surface area contributed by atoms with Gasteiger partial charge in [0.2, 0.25) is 0 Å². The Labute approximate surface area is 132 Å². The van der Waals surface area contributed by atoms with Gasteiger partial charge >= 0.3 is 0 Å². The van der Waals surface area contributed by atoms with Crippen LogP contribution in [0.2, 0.25) is 5.02 Å². The van der Waals surface area contributed by atoms with Crippen molar-refractivity contribution in [2.24, 2.45) is 5.92 Å². The van der Waals surface area contributed by atoms with Gasteiger partial charge in [0.05, 0.1) is 10.5 Å². The van der Waals surface area contributed by atoms with Crippen LogP contribution in [0.25, 0.3) is 0 Å². The Balaban J connectivity index is 2.65. The summed E-state index contributed by atoms with van der Waals surface area (Å²) in [5.74, 6) is 0.771. The van der Waals surface area contributed by atoms with E-state index in [1.165, 1.54) is 0 Å². The van der Waals surface area contributed by atoms with E-state index in [1.54, 1.807) is 20.8 Å². The molecule has 0 aliphatic heterocycles. The van der Waals surface area contributed by atoms with Crippen LogP contribution in [0, 0.1) is 5.92 Å². The van der Waals surface area contributed by atoms with Crippen LogP contribution in [-0.2, 0) is 16.3 Å². The molecule has 0 heterocycles. The van der Waals surface area contributed by atoms with E-state index in [1.807, 2.05) is 24.3 Å². The summed E-state index contributed by atoms with van der Waals surface area (Å²) in [6.07, 6.45) is 1.33.